The SMILES string of the molecule is CC(C)c1ccc(C(=O)Nc2n[nH]c3c2CN(C=O)C3)cc1. The van der Waals surface area contributed by atoms with Gasteiger partial charge in [0.1, 0.15) is 0 Å². The molecule has 2 heterocycles. The van der Waals surface area contributed by atoms with Crippen LogP contribution in [-0.2, 0) is 17.9 Å². The van der Waals surface area contributed by atoms with Gasteiger partial charge in [0.05, 0.1) is 18.8 Å². The van der Waals surface area contributed by atoms with Crippen molar-refractivity contribution in [2.24, 2.45) is 0 Å². The van der Waals surface area contributed by atoms with Gasteiger partial charge in [0.15, 0.2) is 5.82 Å². The van der Waals surface area contributed by atoms with Crippen molar-refractivity contribution in [1.29, 1.82) is 0 Å². The zero-order chi connectivity index (χ0) is 15.7. The van der Waals surface area contributed by atoms with Gasteiger partial charge in [0, 0.05) is 11.1 Å². The van der Waals surface area contributed by atoms with Crippen molar-refractivity contribution < 1.29 is 9.59 Å². The van der Waals surface area contributed by atoms with E-state index < -0.39 is 0 Å². The summed E-state index contributed by atoms with van der Waals surface area (Å²) in [4.78, 5) is 24.7. The number of nitrogens with one attached hydrogen (secondary N) is 2. The van der Waals surface area contributed by atoms with Gasteiger partial charge in [0.25, 0.3) is 5.91 Å². The molecule has 0 fully saturated rings. The monoisotopic (exact) mass is 298 g/mol. The molecule has 1 aromatic heterocycles. The minimum Gasteiger partial charge on any atom is -0.335 e. The van der Waals surface area contributed by atoms with Crippen LogP contribution in [0, 0.1) is 0 Å². The molecular weight excluding hydrogens is 280 g/mol. The summed E-state index contributed by atoms with van der Waals surface area (Å²) in [7, 11) is 0. The van der Waals surface area contributed by atoms with E-state index in [-0.39, 0.29) is 5.91 Å². The number of aromatic amines is 1. The smallest absolute Gasteiger partial charge is 0.256 e. The average molecular weight is 298 g/mol. The van der Waals surface area contributed by atoms with Gasteiger partial charge < -0.3 is 10.2 Å². The summed E-state index contributed by atoms with van der Waals surface area (Å²) in [5, 5.41) is 9.79. The Labute approximate surface area is 128 Å². The lowest BCUT2D eigenvalue weighted by Gasteiger charge is -2.09. The van der Waals surface area contributed by atoms with Gasteiger partial charge in [-0.15, -0.1) is 0 Å². The molecule has 0 radical (unpaired) electrons. The molecule has 0 aliphatic carbocycles. The Bertz CT molecular complexity index is 703. The second kappa shape index (κ2) is 5.63. The molecular formula is C16H18N4O2. The first-order valence-corrected chi connectivity index (χ1v) is 7.25. The molecule has 22 heavy (non-hydrogen) atoms. The van der Waals surface area contributed by atoms with Crippen molar-refractivity contribution in [2.75, 3.05) is 5.32 Å². The lowest BCUT2D eigenvalue weighted by molar-refractivity contribution is -0.118. The van der Waals surface area contributed by atoms with Crippen LogP contribution in [0.5, 0.6) is 0 Å². The third-order valence-corrected chi connectivity index (χ3v) is 3.90. The van der Waals surface area contributed by atoms with Crippen LogP contribution in [0.2, 0.25) is 0 Å². The van der Waals surface area contributed by atoms with Crippen molar-refractivity contribution in [3.63, 3.8) is 0 Å². The highest BCUT2D eigenvalue weighted by atomic mass is 16.2. The first-order chi connectivity index (χ1) is 10.6. The summed E-state index contributed by atoms with van der Waals surface area (Å²) in [5.41, 5.74) is 3.53. The van der Waals surface area contributed by atoms with Crippen LogP contribution in [0.4, 0.5) is 5.82 Å². The predicted molar refractivity (Wildman–Crippen MR) is 82.4 cm³/mol. The fourth-order valence-corrected chi connectivity index (χ4v) is 2.54. The van der Waals surface area contributed by atoms with Gasteiger partial charge in [-0.1, -0.05) is 26.0 Å². The summed E-state index contributed by atoms with van der Waals surface area (Å²) in [5.74, 6) is 0.729. The molecule has 0 saturated carbocycles. The fourth-order valence-electron chi connectivity index (χ4n) is 2.54. The predicted octanol–water partition coefficient (Wildman–Crippen LogP) is 2.26. The topological polar surface area (TPSA) is 78.1 Å². The number of H-pyrrole nitrogens is 1. The van der Waals surface area contributed by atoms with E-state index in [1.54, 1.807) is 4.90 Å². The minimum absolute atomic E-state index is 0.200. The highest BCUT2D eigenvalue weighted by Gasteiger charge is 2.24. The summed E-state index contributed by atoms with van der Waals surface area (Å²) in [6.45, 7) is 5.20. The van der Waals surface area contributed by atoms with Crippen molar-refractivity contribution in [3.05, 3.63) is 46.6 Å². The molecule has 0 bridgehead atoms. The van der Waals surface area contributed by atoms with Crippen LogP contribution < -0.4 is 5.32 Å². The van der Waals surface area contributed by atoms with Gasteiger partial charge in [-0.05, 0) is 23.6 Å². The number of benzene rings is 1. The molecule has 1 aliphatic rings. The van der Waals surface area contributed by atoms with E-state index >= 15 is 0 Å². The number of hydrogen-bond donors (Lipinski definition) is 2. The molecule has 1 aliphatic heterocycles. The van der Waals surface area contributed by atoms with Crippen LogP contribution in [0.15, 0.2) is 24.3 Å². The van der Waals surface area contributed by atoms with E-state index in [9.17, 15) is 9.59 Å². The maximum atomic E-state index is 12.3. The molecule has 0 spiro atoms. The Kier molecular flexibility index (Phi) is 3.66. The molecule has 2 amide bonds. The quantitative estimate of drug-likeness (QED) is 0.850. The molecule has 0 unspecified atom stereocenters. The number of aromatic nitrogens is 2. The molecule has 3 rings (SSSR count). The summed E-state index contributed by atoms with van der Waals surface area (Å²) in [6.07, 6.45) is 0.796. The van der Waals surface area contributed by atoms with Crippen LogP contribution in [-0.4, -0.2) is 27.4 Å². The molecule has 1 aromatic carbocycles. The first kappa shape index (κ1) is 14.3. The van der Waals surface area contributed by atoms with Crippen molar-refractivity contribution >= 4 is 18.1 Å². The maximum absolute atomic E-state index is 12.3. The van der Waals surface area contributed by atoms with Gasteiger partial charge in [-0.25, -0.2) is 0 Å². The van der Waals surface area contributed by atoms with Crippen molar-refractivity contribution in [2.45, 2.75) is 32.9 Å². The number of amides is 2. The van der Waals surface area contributed by atoms with Gasteiger partial charge in [-0.2, -0.15) is 5.10 Å². The molecule has 2 N–H and O–H groups in total. The van der Waals surface area contributed by atoms with E-state index in [0.717, 1.165) is 17.7 Å². The summed E-state index contributed by atoms with van der Waals surface area (Å²) < 4.78 is 0. The normalized spacial score (nSPS) is 13.3. The van der Waals surface area contributed by atoms with Crippen LogP contribution >= 0.6 is 0 Å². The van der Waals surface area contributed by atoms with E-state index in [1.807, 2.05) is 24.3 Å². The highest BCUT2D eigenvalue weighted by molar-refractivity contribution is 6.04. The van der Waals surface area contributed by atoms with Crippen molar-refractivity contribution in [3.8, 4) is 0 Å². The van der Waals surface area contributed by atoms with Crippen LogP contribution in [0.3, 0.4) is 0 Å². The Morgan fingerprint density at radius 1 is 1.32 bits per heavy atom. The molecule has 0 saturated heterocycles. The number of carbonyl (C=O) groups excluding carboxylic acids is 2. The molecule has 2 aromatic rings. The third kappa shape index (κ3) is 2.59. The zero-order valence-corrected chi connectivity index (χ0v) is 12.6. The zero-order valence-electron chi connectivity index (χ0n) is 12.6. The molecule has 6 nitrogen and oxygen atoms in total. The highest BCUT2D eigenvalue weighted by Crippen LogP contribution is 2.26. The first-order valence-electron chi connectivity index (χ1n) is 7.25. The van der Waals surface area contributed by atoms with Crippen LogP contribution in [0.1, 0.15) is 46.9 Å². The lowest BCUT2D eigenvalue weighted by Crippen LogP contribution is -2.16. The number of anilines is 1. The summed E-state index contributed by atoms with van der Waals surface area (Å²) in [6, 6.07) is 7.55. The largest absolute Gasteiger partial charge is 0.335 e. The second-order valence-electron chi connectivity index (χ2n) is 5.77. The van der Waals surface area contributed by atoms with E-state index in [1.165, 1.54) is 5.56 Å². The minimum atomic E-state index is -0.200. The second-order valence-corrected chi connectivity index (χ2v) is 5.77. The third-order valence-electron chi connectivity index (χ3n) is 3.90. The Morgan fingerprint density at radius 2 is 2.05 bits per heavy atom. The summed E-state index contributed by atoms with van der Waals surface area (Å²) >= 11 is 0. The fraction of sp³-hybridized carbons (Fsp3) is 0.312. The standard InChI is InChI=1S/C16H18N4O2/c1-10(2)11-3-5-12(6-4-11)16(22)17-15-13-7-20(9-21)8-14(13)18-19-15/h3-6,9-10H,7-8H2,1-2H3,(H2,17,18,19,22). The Balaban J connectivity index is 1.74. The van der Waals surface area contributed by atoms with Gasteiger partial charge in [0.2, 0.25) is 6.41 Å². The van der Waals surface area contributed by atoms with E-state index in [2.05, 4.69) is 29.4 Å². The van der Waals surface area contributed by atoms with E-state index in [0.29, 0.717) is 30.4 Å². The average Bonchev–Trinajstić information content (AvgIpc) is 3.08. The molecule has 6 heteroatoms. The number of fused-ring (bicyclic) bond motifs is 1. The Morgan fingerprint density at radius 3 is 2.68 bits per heavy atom. The Hall–Kier alpha value is -2.63. The molecule has 114 valence electrons. The maximum Gasteiger partial charge on any atom is 0.256 e. The number of rotatable bonds is 4. The van der Waals surface area contributed by atoms with Gasteiger partial charge >= 0.3 is 0 Å². The number of carbonyl (C=O) groups is 2. The number of nitrogens with zero attached hydrogens (tertiary/aromatic N) is 2. The van der Waals surface area contributed by atoms with Crippen LogP contribution in [0.25, 0.3) is 0 Å². The molecule has 0 atom stereocenters. The number of hydrogen-bond acceptors (Lipinski definition) is 3. The van der Waals surface area contributed by atoms with Gasteiger partial charge in [-0.3, -0.25) is 14.7 Å². The van der Waals surface area contributed by atoms with E-state index in [4.69, 9.17) is 0 Å². The van der Waals surface area contributed by atoms with Crippen molar-refractivity contribution in [1.82, 2.24) is 15.1 Å². The lowest BCUT2D eigenvalue weighted by atomic mass is 10.0.